The summed E-state index contributed by atoms with van der Waals surface area (Å²) in [6.45, 7) is 4.33. The zero-order valence-electron chi connectivity index (χ0n) is 14.8. The number of amides is 1. The van der Waals surface area contributed by atoms with Gasteiger partial charge in [-0.25, -0.2) is 4.98 Å². The number of aromatic nitrogens is 1. The quantitative estimate of drug-likeness (QED) is 0.810. The van der Waals surface area contributed by atoms with Crippen LogP contribution >= 0.6 is 11.3 Å². The predicted molar refractivity (Wildman–Crippen MR) is 98.9 cm³/mol. The van der Waals surface area contributed by atoms with Crippen molar-refractivity contribution in [2.75, 3.05) is 24.3 Å². The molecule has 7 nitrogen and oxygen atoms in total. The molecule has 1 aromatic carbocycles. The zero-order valence-corrected chi connectivity index (χ0v) is 15.6. The minimum absolute atomic E-state index is 0.0409. The Balaban J connectivity index is 0.000000705. The average molecular weight is 363 g/mol. The molecule has 0 saturated carbocycles. The van der Waals surface area contributed by atoms with Crippen LogP contribution in [0.4, 0.5) is 10.8 Å². The van der Waals surface area contributed by atoms with Gasteiger partial charge in [0.2, 0.25) is 0 Å². The molecule has 0 atom stereocenters. The molecule has 2 N–H and O–H groups in total. The average Bonchev–Trinajstić information content (AvgIpc) is 2.87. The predicted octanol–water partition coefficient (Wildman–Crippen LogP) is 3.06. The van der Waals surface area contributed by atoms with E-state index in [0.29, 0.717) is 21.3 Å². The highest BCUT2D eigenvalue weighted by Crippen LogP contribution is 2.23. The number of nitrogens with one attached hydrogen (secondary N) is 1. The van der Waals surface area contributed by atoms with Gasteiger partial charge in [0, 0.05) is 39.2 Å². The van der Waals surface area contributed by atoms with Gasteiger partial charge in [-0.2, -0.15) is 0 Å². The van der Waals surface area contributed by atoms with Crippen LogP contribution in [0, 0.1) is 6.92 Å². The van der Waals surface area contributed by atoms with Crippen molar-refractivity contribution in [3.05, 3.63) is 40.4 Å². The highest BCUT2D eigenvalue weighted by atomic mass is 32.1. The van der Waals surface area contributed by atoms with Crippen molar-refractivity contribution in [3.63, 3.8) is 0 Å². The second-order valence-corrected chi connectivity index (χ2v) is 6.40. The Kier molecular flexibility index (Phi) is 7.25. The first-order valence-electron chi connectivity index (χ1n) is 7.38. The van der Waals surface area contributed by atoms with Crippen LogP contribution < -0.4 is 10.2 Å². The van der Waals surface area contributed by atoms with Crippen LogP contribution in [0.1, 0.15) is 39.6 Å². The van der Waals surface area contributed by atoms with E-state index in [-0.39, 0.29) is 11.7 Å². The summed E-state index contributed by atoms with van der Waals surface area (Å²) in [5.74, 6) is -1.11. The molecule has 2 rings (SSSR count). The number of carbonyl (C=O) groups excluding carboxylic acids is 2. The van der Waals surface area contributed by atoms with Gasteiger partial charge >= 0.3 is 0 Å². The molecule has 0 unspecified atom stereocenters. The molecule has 134 valence electrons. The first-order valence-corrected chi connectivity index (χ1v) is 8.20. The number of carbonyl (C=O) groups is 3. The van der Waals surface area contributed by atoms with Gasteiger partial charge in [-0.1, -0.05) is 11.3 Å². The summed E-state index contributed by atoms with van der Waals surface area (Å²) in [5.41, 5.74) is 2.22. The molecule has 0 spiro atoms. The maximum atomic E-state index is 12.1. The Hall–Kier alpha value is -2.74. The largest absolute Gasteiger partial charge is 0.481 e. The number of carboxylic acids is 1. The summed E-state index contributed by atoms with van der Waals surface area (Å²) in [7, 11) is 3.88. The molecule has 0 aliphatic rings. The third-order valence-corrected chi connectivity index (χ3v) is 4.16. The lowest BCUT2D eigenvalue weighted by Crippen LogP contribution is -2.13. The van der Waals surface area contributed by atoms with Crippen molar-refractivity contribution in [2.24, 2.45) is 0 Å². The maximum Gasteiger partial charge on any atom is 0.300 e. The van der Waals surface area contributed by atoms with Crippen molar-refractivity contribution < 1.29 is 19.5 Å². The maximum absolute atomic E-state index is 12.1. The van der Waals surface area contributed by atoms with Gasteiger partial charge in [0.15, 0.2) is 10.9 Å². The van der Waals surface area contributed by atoms with Gasteiger partial charge in [0.05, 0.1) is 10.6 Å². The molecule has 1 amide bonds. The number of aliphatic carboxylic acids is 1. The molecule has 0 aliphatic carbocycles. The molecule has 0 aliphatic heterocycles. The number of hydrogen-bond donors (Lipinski definition) is 2. The van der Waals surface area contributed by atoms with Gasteiger partial charge in [-0.3, -0.25) is 19.7 Å². The van der Waals surface area contributed by atoms with E-state index in [0.717, 1.165) is 12.6 Å². The molecular formula is C17H21N3O4S. The number of carboxylic acid groups (broad SMARTS) is 1. The summed E-state index contributed by atoms with van der Waals surface area (Å²) >= 11 is 1.20. The second kappa shape index (κ2) is 8.93. The number of Topliss-reactive ketones (excluding diaryl/α,β-unsaturated/α-hetero) is 1. The highest BCUT2D eigenvalue weighted by molar-refractivity contribution is 7.17. The number of nitrogens with zero attached hydrogens (tertiary/aromatic N) is 2. The lowest BCUT2D eigenvalue weighted by atomic mass is 10.2. The summed E-state index contributed by atoms with van der Waals surface area (Å²) in [6, 6.07) is 7.28. The van der Waals surface area contributed by atoms with Gasteiger partial charge < -0.3 is 10.0 Å². The number of ketones is 1. The molecule has 25 heavy (non-hydrogen) atoms. The summed E-state index contributed by atoms with van der Waals surface area (Å²) < 4.78 is 0. The summed E-state index contributed by atoms with van der Waals surface area (Å²) in [4.78, 5) is 39.3. The smallest absolute Gasteiger partial charge is 0.300 e. The third-order valence-electron chi connectivity index (χ3n) is 2.98. The number of aryl methyl sites for hydroxylation is 1. The van der Waals surface area contributed by atoms with Crippen LogP contribution in [0.3, 0.4) is 0 Å². The lowest BCUT2D eigenvalue weighted by Gasteiger charge is -2.12. The molecule has 0 bridgehead atoms. The number of benzene rings is 1. The summed E-state index contributed by atoms with van der Waals surface area (Å²) in [6.07, 6.45) is 0. The van der Waals surface area contributed by atoms with Crippen LogP contribution in [0.5, 0.6) is 0 Å². The van der Waals surface area contributed by atoms with Gasteiger partial charge in [-0.15, -0.1) is 0 Å². The Bertz CT molecular complexity index is 763. The van der Waals surface area contributed by atoms with E-state index in [1.165, 1.54) is 18.3 Å². The molecule has 1 aromatic heterocycles. The third kappa shape index (κ3) is 6.34. The van der Waals surface area contributed by atoms with E-state index < -0.39 is 5.97 Å². The van der Waals surface area contributed by atoms with E-state index in [4.69, 9.17) is 9.90 Å². The summed E-state index contributed by atoms with van der Waals surface area (Å²) in [5, 5.41) is 10.6. The van der Waals surface area contributed by atoms with E-state index in [1.54, 1.807) is 19.1 Å². The van der Waals surface area contributed by atoms with Crippen molar-refractivity contribution >= 4 is 39.8 Å². The first-order chi connectivity index (χ1) is 11.6. The topological polar surface area (TPSA) is 99.6 Å². The Morgan fingerprint density at radius 1 is 1.12 bits per heavy atom. The Labute approximate surface area is 150 Å². The molecule has 0 saturated heterocycles. The lowest BCUT2D eigenvalue weighted by molar-refractivity contribution is -0.134. The highest BCUT2D eigenvalue weighted by Gasteiger charge is 2.14. The van der Waals surface area contributed by atoms with E-state index >= 15 is 0 Å². The number of hydrogen-bond acceptors (Lipinski definition) is 6. The van der Waals surface area contributed by atoms with Gasteiger partial charge in [-0.05, 0) is 31.2 Å². The van der Waals surface area contributed by atoms with Crippen LogP contribution in [0.15, 0.2) is 24.3 Å². The van der Waals surface area contributed by atoms with Crippen molar-refractivity contribution in [1.29, 1.82) is 0 Å². The molecule has 0 radical (unpaired) electrons. The fourth-order valence-electron chi connectivity index (χ4n) is 1.86. The van der Waals surface area contributed by atoms with E-state index in [9.17, 15) is 9.59 Å². The molecule has 0 fully saturated rings. The molecule has 1 heterocycles. The standard InChI is InChI=1S/C15H17N3O2S.C2H4O2/c1-9-13(10(2)19)21-15(16-9)17-14(20)11-5-7-12(8-6-11)18(3)4;1-2(3)4/h5-8H,1-4H3,(H,16,17,20);1H3,(H,3,4). The fourth-order valence-corrected chi connectivity index (χ4v) is 2.71. The fraction of sp³-hybridized carbons (Fsp3) is 0.294. The monoisotopic (exact) mass is 363 g/mol. The van der Waals surface area contributed by atoms with Crippen molar-refractivity contribution in [3.8, 4) is 0 Å². The minimum atomic E-state index is -0.833. The minimum Gasteiger partial charge on any atom is -0.481 e. The second-order valence-electron chi connectivity index (χ2n) is 5.40. The van der Waals surface area contributed by atoms with Crippen molar-refractivity contribution in [1.82, 2.24) is 4.98 Å². The van der Waals surface area contributed by atoms with Crippen LogP contribution in [-0.4, -0.2) is 41.8 Å². The number of thiazole rings is 1. The van der Waals surface area contributed by atoms with Crippen molar-refractivity contribution in [2.45, 2.75) is 20.8 Å². The van der Waals surface area contributed by atoms with Crippen LogP contribution in [0.2, 0.25) is 0 Å². The first kappa shape index (κ1) is 20.3. The number of rotatable bonds is 4. The SMILES string of the molecule is CC(=O)O.CC(=O)c1sc(NC(=O)c2ccc(N(C)C)cc2)nc1C. The van der Waals surface area contributed by atoms with E-state index in [2.05, 4.69) is 10.3 Å². The normalized spacial score (nSPS) is 9.64. The molecule has 2 aromatic rings. The molecular weight excluding hydrogens is 342 g/mol. The Morgan fingerprint density at radius 2 is 1.64 bits per heavy atom. The van der Waals surface area contributed by atoms with E-state index in [1.807, 2.05) is 31.1 Å². The van der Waals surface area contributed by atoms with Gasteiger partial charge in [0.1, 0.15) is 0 Å². The van der Waals surface area contributed by atoms with Gasteiger partial charge in [0.25, 0.3) is 11.9 Å². The Morgan fingerprint density at radius 3 is 2.04 bits per heavy atom. The number of anilines is 2. The zero-order chi connectivity index (χ0) is 19.1. The van der Waals surface area contributed by atoms with Crippen LogP contribution in [0.25, 0.3) is 0 Å². The molecule has 8 heteroatoms. The van der Waals surface area contributed by atoms with Crippen LogP contribution in [-0.2, 0) is 4.79 Å².